The van der Waals surface area contributed by atoms with Crippen LogP contribution < -0.4 is 5.32 Å². The largest absolute Gasteiger partial charge is 0.298 e. The van der Waals surface area contributed by atoms with Gasteiger partial charge in [0, 0.05) is 28.7 Å². The Bertz CT molecular complexity index is 976. The van der Waals surface area contributed by atoms with Crippen LogP contribution in [0.15, 0.2) is 48.0 Å². The van der Waals surface area contributed by atoms with E-state index >= 15 is 0 Å². The van der Waals surface area contributed by atoms with Crippen molar-refractivity contribution in [2.24, 2.45) is 0 Å². The fourth-order valence-electron chi connectivity index (χ4n) is 3.38. The third-order valence-corrected chi connectivity index (χ3v) is 5.94. The van der Waals surface area contributed by atoms with Crippen LogP contribution in [0.5, 0.6) is 0 Å². The van der Waals surface area contributed by atoms with Crippen LogP contribution in [-0.2, 0) is 6.54 Å². The van der Waals surface area contributed by atoms with Crippen molar-refractivity contribution in [1.29, 1.82) is 0 Å². The fourth-order valence-corrected chi connectivity index (χ4v) is 4.43. The normalized spacial score (nSPS) is 17.0. The lowest BCUT2D eigenvalue weighted by molar-refractivity contribution is 0.102. The van der Waals surface area contributed by atoms with Crippen LogP contribution >= 0.6 is 34.5 Å². The number of carbonyl (C=O) groups excluding carboxylic acids is 1. The third kappa shape index (κ3) is 4.52. The van der Waals surface area contributed by atoms with E-state index in [1.807, 2.05) is 23.7 Å². The van der Waals surface area contributed by atoms with Gasteiger partial charge < -0.3 is 0 Å². The van der Waals surface area contributed by atoms with Crippen molar-refractivity contribution in [3.63, 3.8) is 0 Å². The minimum Gasteiger partial charge on any atom is -0.298 e. The number of benzene rings is 1. The van der Waals surface area contributed by atoms with Crippen LogP contribution in [0.2, 0.25) is 10.2 Å². The highest BCUT2D eigenvalue weighted by molar-refractivity contribution is 7.14. The number of likely N-dealkylation sites (tertiary alicyclic amines) is 1. The number of hydrogen-bond donors (Lipinski definition) is 1. The molecule has 5 nitrogen and oxygen atoms in total. The van der Waals surface area contributed by atoms with E-state index in [2.05, 4.69) is 20.2 Å². The first-order chi connectivity index (χ1) is 13.6. The highest BCUT2D eigenvalue weighted by Crippen LogP contribution is 2.34. The number of anilines is 1. The second-order valence-electron chi connectivity index (χ2n) is 6.66. The zero-order chi connectivity index (χ0) is 19.5. The molecule has 0 saturated carbocycles. The number of carbonyl (C=O) groups is 1. The summed E-state index contributed by atoms with van der Waals surface area (Å²) >= 11 is 13.3. The summed E-state index contributed by atoms with van der Waals surface area (Å²) in [7, 11) is 0. The summed E-state index contributed by atoms with van der Waals surface area (Å²) in [5, 5.41) is 6.52. The summed E-state index contributed by atoms with van der Waals surface area (Å²) in [5.74, 6) is -0.209. The van der Waals surface area contributed by atoms with Crippen molar-refractivity contribution in [1.82, 2.24) is 14.9 Å². The first-order valence-corrected chi connectivity index (χ1v) is 10.6. The predicted molar refractivity (Wildman–Crippen MR) is 113 cm³/mol. The maximum atomic E-state index is 12.4. The molecule has 28 heavy (non-hydrogen) atoms. The molecule has 2 aromatic heterocycles. The Morgan fingerprint density at radius 1 is 1.29 bits per heavy atom. The summed E-state index contributed by atoms with van der Waals surface area (Å²) < 4.78 is 0. The number of amides is 1. The van der Waals surface area contributed by atoms with Crippen molar-refractivity contribution in [2.75, 3.05) is 11.9 Å². The minimum absolute atomic E-state index is 0.209. The zero-order valence-electron chi connectivity index (χ0n) is 14.9. The predicted octanol–water partition coefficient (Wildman–Crippen LogP) is 5.43. The van der Waals surface area contributed by atoms with Gasteiger partial charge in [0.15, 0.2) is 5.13 Å². The van der Waals surface area contributed by atoms with E-state index in [-0.39, 0.29) is 11.9 Å². The Hall–Kier alpha value is -1.99. The average molecular weight is 433 g/mol. The highest BCUT2D eigenvalue weighted by Gasteiger charge is 2.28. The number of nitrogens with zero attached hydrogens (tertiary/aromatic N) is 3. The van der Waals surface area contributed by atoms with Gasteiger partial charge in [0.2, 0.25) is 0 Å². The van der Waals surface area contributed by atoms with E-state index in [1.54, 1.807) is 24.3 Å². The van der Waals surface area contributed by atoms with Gasteiger partial charge in [-0.05, 0) is 49.2 Å². The lowest BCUT2D eigenvalue weighted by Gasteiger charge is -2.22. The first kappa shape index (κ1) is 19.3. The van der Waals surface area contributed by atoms with Crippen molar-refractivity contribution >= 4 is 45.6 Å². The lowest BCUT2D eigenvalue weighted by Crippen LogP contribution is -2.23. The molecule has 0 spiro atoms. The van der Waals surface area contributed by atoms with Gasteiger partial charge in [-0.15, -0.1) is 11.3 Å². The van der Waals surface area contributed by atoms with E-state index in [0.717, 1.165) is 37.2 Å². The number of nitrogens with one attached hydrogen (secondary N) is 1. The van der Waals surface area contributed by atoms with Crippen molar-refractivity contribution in [2.45, 2.75) is 25.4 Å². The van der Waals surface area contributed by atoms with Gasteiger partial charge in [0.1, 0.15) is 5.15 Å². The molecule has 1 fully saturated rings. The molecule has 8 heteroatoms. The lowest BCUT2D eigenvalue weighted by atomic mass is 10.1. The van der Waals surface area contributed by atoms with Gasteiger partial charge in [0.05, 0.1) is 11.7 Å². The first-order valence-electron chi connectivity index (χ1n) is 8.95. The van der Waals surface area contributed by atoms with Gasteiger partial charge in [-0.25, -0.2) is 9.97 Å². The number of pyridine rings is 1. The monoisotopic (exact) mass is 432 g/mol. The summed E-state index contributed by atoms with van der Waals surface area (Å²) in [5.41, 5.74) is 2.63. The molecule has 144 valence electrons. The zero-order valence-corrected chi connectivity index (χ0v) is 17.3. The van der Waals surface area contributed by atoms with Crippen molar-refractivity contribution in [3.8, 4) is 0 Å². The molecule has 1 amide bonds. The van der Waals surface area contributed by atoms with Crippen LogP contribution in [0.25, 0.3) is 0 Å². The van der Waals surface area contributed by atoms with E-state index < -0.39 is 0 Å². The molecule has 0 aliphatic carbocycles. The molecule has 1 aromatic carbocycles. The summed E-state index contributed by atoms with van der Waals surface area (Å²) in [6.07, 6.45) is 3.98. The molecule has 3 heterocycles. The second-order valence-corrected chi connectivity index (χ2v) is 8.34. The fraction of sp³-hybridized carbons (Fsp3) is 0.250. The number of aromatic nitrogens is 2. The Morgan fingerprint density at radius 3 is 2.96 bits per heavy atom. The molecule has 0 bridgehead atoms. The molecule has 0 unspecified atom stereocenters. The standard InChI is InChI=1S/C20H18Cl2N4OS/c21-15-4-1-3-14(9-15)19(27)25-20-24-16(12-28-20)17-5-2-8-26(17)11-13-6-7-18(22)23-10-13/h1,3-4,6-7,9-10,12,17H,2,5,8,11H2,(H,24,25,27)/t17-/m1/s1. The van der Waals surface area contributed by atoms with E-state index in [9.17, 15) is 4.79 Å². The minimum atomic E-state index is -0.209. The van der Waals surface area contributed by atoms with E-state index in [0.29, 0.717) is 20.9 Å². The Labute approximate surface area is 177 Å². The number of thiazole rings is 1. The Morgan fingerprint density at radius 2 is 2.18 bits per heavy atom. The molecular weight excluding hydrogens is 415 g/mol. The van der Waals surface area contributed by atoms with Crippen LogP contribution in [0, 0.1) is 0 Å². The molecule has 1 aliphatic rings. The van der Waals surface area contributed by atoms with Gasteiger partial charge in [-0.1, -0.05) is 35.3 Å². The molecule has 1 saturated heterocycles. The number of hydrogen-bond acceptors (Lipinski definition) is 5. The van der Waals surface area contributed by atoms with Crippen LogP contribution in [-0.4, -0.2) is 27.3 Å². The molecule has 0 radical (unpaired) electrons. The van der Waals surface area contributed by atoms with Crippen molar-refractivity contribution in [3.05, 3.63) is 75.0 Å². The highest BCUT2D eigenvalue weighted by atomic mass is 35.5. The number of halogens is 2. The molecular formula is C20H18Cl2N4OS. The molecule has 4 rings (SSSR count). The van der Waals surface area contributed by atoms with Gasteiger partial charge in [0.25, 0.3) is 5.91 Å². The number of rotatable bonds is 5. The summed E-state index contributed by atoms with van der Waals surface area (Å²) in [4.78, 5) is 23.6. The van der Waals surface area contributed by atoms with Crippen molar-refractivity contribution < 1.29 is 4.79 Å². The van der Waals surface area contributed by atoms with Crippen LogP contribution in [0.4, 0.5) is 5.13 Å². The molecule has 1 atom stereocenters. The van der Waals surface area contributed by atoms with E-state index in [4.69, 9.17) is 23.2 Å². The second kappa shape index (κ2) is 8.57. The molecule has 1 aliphatic heterocycles. The van der Waals surface area contributed by atoms with Crippen LogP contribution in [0.3, 0.4) is 0 Å². The van der Waals surface area contributed by atoms with Gasteiger partial charge >= 0.3 is 0 Å². The van der Waals surface area contributed by atoms with E-state index in [1.165, 1.54) is 11.3 Å². The topological polar surface area (TPSA) is 58.1 Å². The Kier molecular flexibility index (Phi) is 5.92. The van der Waals surface area contributed by atoms with Gasteiger partial charge in [-0.3, -0.25) is 15.0 Å². The SMILES string of the molecule is O=C(Nc1nc([C@H]2CCCN2Cc2ccc(Cl)nc2)cs1)c1cccc(Cl)c1. The maximum Gasteiger partial charge on any atom is 0.257 e. The molecule has 3 aromatic rings. The smallest absolute Gasteiger partial charge is 0.257 e. The molecule has 1 N–H and O–H groups in total. The van der Waals surface area contributed by atoms with Crippen LogP contribution in [0.1, 0.15) is 40.5 Å². The Balaban J connectivity index is 1.44. The third-order valence-electron chi connectivity index (χ3n) is 4.71. The van der Waals surface area contributed by atoms with Gasteiger partial charge in [-0.2, -0.15) is 0 Å². The quantitative estimate of drug-likeness (QED) is 0.545. The summed E-state index contributed by atoms with van der Waals surface area (Å²) in [6, 6.07) is 10.9. The maximum absolute atomic E-state index is 12.4. The summed E-state index contributed by atoms with van der Waals surface area (Å²) in [6.45, 7) is 1.81. The average Bonchev–Trinajstić information content (AvgIpc) is 3.33.